The van der Waals surface area contributed by atoms with Gasteiger partial charge in [-0.15, -0.1) is 0 Å². The Labute approximate surface area is 422 Å². The van der Waals surface area contributed by atoms with Gasteiger partial charge in [-0.05, 0) is 130 Å². The van der Waals surface area contributed by atoms with E-state index in [-0.39, 0.29) is 36.8 Å². The predicted molar refractivity (Wildman–Crippen MR) is 282 cm³/mol. The van der Waals surface area contributed by atoms with E-state index in [0.717, 1.165) is 25.7 Å². The summed E-state index contributed by atoms with van der Waals surface area (Å²) in [6, 6.07) is 21.3. The lowest BCUT2D eigenvalue weighted by Crippen LogP contribution is -2.61. The normalized spacial score (nSPS) is 32.1. The lowest BCUT2D eigenvalue weighted by atomic mass is 9.79. The van der Waals surface area contributed by atoms with Crippen LogP contribution in [0.15, 0.2) is 60.7 Å². The molecule has 2 saturated heterocycles. The van der Waals surface area contributed by atoms with Gasteiger partial charge in [-0.25, -0.2) is 4.79 Å². The first-order chi connectivity index (χ1) is 33.0. The van der Waals surface area contributed by atoms with Crippen LogP contribution in [0, 0.1) is 17.8 Å². The molecule has 0 aromatic heterocycles. The van der Waals surface area contributed by atoms with Gasteiger partial charge in [0.05, 0.1) is 60.5 Å². The Morgan fingerprint density at radius 3 is 1.94 bits per heavy atom. The second kappa shape index (κ2) is 27.8. The monoisotopic (exact) mass is 999 g/mol. The summed E-state index contributed by atoms with van der Waals surface area (Å²) >= 11 is 0. The van der Waals surface area contributed by atoms with E-state index in [2.05, 4.69) is 72.6 Å². The highest BCUT2D eigenvalue weighted by Crippen LogP contribution is 2.53. The maximum Gasteiger partial charge on any atom is 0.407 e. The fourth-order valence-electron chi connectivity index (χ4n) is 11.2. The van der Waals surface area contributed by atoms with E-state index in [9.17, 15) is 24.6 Å². The van der Waals surface area contributed by atoms with Gasteiger partial charge in [-0.3, -0.25) is 14.5 Å². The number of hydrogen-bond donors (Lipinski definition) is 3. The van der Waals surface area contributed by atoms with E-state index >= 15 is 0 Å². The average molecular weight is 999 g/mol. The largest absolute Gasteiger partial charge is 0.459 e. The molecule has 2 aromatic rings. The number of carbonyl (C=O) groups is 3. The van der Waals surface area contributed by atoms with Gasteiger partial charge in [-0.1, -0.05) is 96.2 Å². The topological polar surface area (TPSA) is 156 Å². The third kappa shape index (κ3) is 17.0. The Kier molecular flexibility index (Phi) is 23.6. The zero-order valence-corrected chi connectivity index (χ0v) is 46.1. The molecule has 14 heteroatoms. The van der Waals surface area contributed by atoms with Crippen LogP contribution in [0.1, 0.15) is 139 Å². The number of cyclic esters (lactones) is 1. The van der Waals surface area contributed by atoms with Gasteiger partial charge in [0, 0.05) is 26.1 Å². The summed E-state index contributed by atoms with van der Waals surface area (Å²) in [7, 11) is 4.32. The maximum absolute atomic E-state index is 14.0. The zero-order chi connectivity index (χ0) is 51.8. The van der Waals surface area contributed by atoms with E-state index < -0.39 is 79.2 Å². The van der Waals surface area contributed by atoms with Crippen molar-refractivity contribution < 1.29 is 48.3 Å². The molecule has 0 bridgehead atoms. The molecule has 2 aromatic carbocycles. The third-order valence-corrected chi connectivity index (χ3v) is 19.2. The van der Waals surface area contributed by atoms with E-state index in [1.165, 1.54) is 49.4 Å². The first-order valence-corrected chi connectivity index (χ1v) is 28.8. The number of carbonyl (C=O) groups excluding carboxylic acids is 3. The summed E-state index contributed by atoms with van der Waals surface area (Å²) in [5, 5.41) is 30.7. The lowest BCUT2D eigenvalue weighted by molar-refractivity contribution is -0.297. The molecule has 0 aliphatic carbocycles. The Hall–Kier alpha value is -3.16. The molecule has 2 fully saturated rings. The number of benzene rings is 2. The number of alkyl carbamates (subject to hydrolysis) is 1. The van der Waals surface area contributed by atoms with Crippen molar-refractivity contribution in [2.24, 2.45) is 17.8 Å². The molecule has 13 atom stereocenters. The summed E-state index contributed by atoms with van der Waals surface area (Å²) < 4.78 is 31.2. The highest BCUT2D eigenvalue weighted by Gasteiger charge is 2.50. The second-order valence-electron chi connectivity index (χ2n) is 21.9. The molecule has 4 rings (SSSR count). The van der Waals surface area contributed by atoms with E-state index in [1.54, 1.807) is 20.8 Å². The number of aliphatic hydroxyl groups is 2. The fraction of sp³-hybridized carbons (Fsp3) is 0.732. The fourth-order valence-corrected chi connectivity index (χ4v) is 14.5. The molecule has 396 valence electrons. The van der Waals surface area contributed by atoms with Crippen LogP contribution < -0.4 is 15.9 Å². The van der Waals surface area contributed by atoms with Gasteiger partial charge in [0.1, 0.15) is 11.7 Å². The minimum absolute atomic E-state index is 0.107. The second-order valence-corrected chi connectivity index (χ2v) is 25.8. The molecule has 13 nitrogen and oxygen atoms in total. The van der Waals surface area contributed by atoms with E-state index in [4.69, 9.17) is 23.7 Å². The van der Waals surface area contributed by atoms with Crippen LogP contribution in [0.5, 0.6) is 0 Å². The number of rotatable bonds is 19. The molecule has 0 radical (unpaired) electrons. The maximum atomic E-state index is 14.0. The summed E-state index contributed by atoms with van der Waals surface area (Å²) in [4.78, 5) is 43.9. The van der Waals surface area contributed by atoms with Crippen LogP contribution in [-0.2, 0) is 33.3 Å². The molecule has 1 amide bonds. The number of likely N-dealkylation sites (N-methyl/N-ethyl adjacent to an activating group) is 2. The number of nitrogens with zero attached hydrogens (tertiary/aromatic N) is 2. The van der Waals surface area contributed by atoms with Gasteiger partial charge < -0.3 is 44.1 Å². The van der Waals surface area contributed by atoms with Crippen LogP contribution in [0.2, 0.25) is 0 Å². The van der Waals surface area contributed by atoms with Gasteiger partial charge >= 0.3 is 18.0 Å². The van der Waals surface area contributed by atoms with Crippen molar-refractivity contribution in [3.05, 3.63) is 60.7 Å². The van der Waals surface area contributed by atoms with Crippen molar-refractivity contribution in [2.45, 2.75) is 199 Å². The third-order valence-electron chi connectivity index (χ3n) is 15.1. The summed E-state index contributed by atoms with van der Waals surface area (Å²) in [5.41, 5.74) is -3.18. The molecule has 3 N–H and O–H groups in total. The van der Waals surface area contributed by atoms with Crippen LogP contribution in [0.25, 0.3) is 0 Å². The van der Waals surface area contributed by atoms with Crippen LogP contribution in [-0.4, -0.2) is 145 Å². The van der Waals surface area contributed by atoms with Gasteiger partial charge in [0.15, 0.2) is 18.5 Å². The molecule has 2 aliphatic rings. The number of ether oxygens (including phenoxy) is 5. The van der Waals surface area contributed by atoms with Gasteiger partial charge in [0.2, 0.25) is 0 Å². The van der Waals surface area contributed by atoms with Crippen LogP contribution >= 0.6 is 7.26 Å². The van der Waals surface area contributed by atoms with E-state index in [1.807, 2.05) is 65.6 Å². The number of esters is 2. The average Bonchev–Trinajstić information content (AvgIpc) is 3.30. The molecule has 70 heavy (non-hydrogen) atoms. The van der Waals surface area contributed by atoms with Crippen LogP contribution in [0.4, 0.5) is 4.79 Å². The molecule has 2 aliphatic heterocycles. The van der Waals surface area contributed by atoms with Crippen molar-refractivity contribution in [3.63, 3.8) is 0 Å². The highest BCUT2D eigenvalue weighted by molar-refractivity contribution is 7.88. The number of nitrogens with one attached hydrogen (secondary N) is 1. The van der Waals surface area contributed by atoms with Crippen molar-refractivity contribution in [1.29, 1.82) is 0 Å². The molecule has 0 spiro atoms. The van der Waals surface area contributed by atoms with Crippen molar-refractivity contribution >= 4 is 35.9 Å². The molecule has 0 unspecified atom stereocenters. The Morgan fingerprint density at radius 2 is 1.40 bits per heavy atom. The van der Waals surface area contributed by atoms with Crippen LogP contribution in [0.3, 0.4) is 0 Å². The smallest absolute Gasteiger partial charge is 0.407 e. The number of hydrogen-bond acceptors (Lipinski definition) is 12. The van der Waals surface area contributed by atoms with Crippen molar-refractivity contribution in [2.75, 3.05) is 47.1 Å². The minimum Gasteiger partial charge on any atom is -0.459 e. The number of unbranched alkanes of at least 4 members (excludes halogenated alkanes) is 7. The quantitative estimate of drug-likeness (QED) is 0.0534. The molecular weight excluding hydrogens is 906 g/mol. The number of amides is 1. The summed E-state index contributed by atoms with van der Waals surface area (Å²) in [5.74, 6) is -2.13. The standard InChI is InChI=1S/C56H92N3O10P/c1-14-48-56(9,64)51(69-54(62)57-33-27-19-17-15-16-18-20-28-34-70(13,45-29-23-21-24-30-45)46-31-25-22-26-32-46)43(6)59(12)38-39(2)37-55(8,63)50(40(3)35-41(4)52(61)67-48)68-53-49(66-44(7)60)47(58(10)11)36-42(5)65-53/h21-26,29-32,39-43,47-51,53,63-64H,14-20,27-28,33-38H2,1-13H3/p+1/t39-,40+,41-,42-,43-,47+,48-,49-,50-,51-,53+,55-,56-/m1/s1. The Morgan fingerprint density at radius 1 is 0.843 bits per heavy atom. The van der Waals surface area contributed by atoms with Gasteiger partial charge in [0.25, 0.3) is 0 Å². The minimum atomic E-state index is -1.76. The first kappa shape index (κ1) is 59.4. The Balaban J connectivity index is 1.36. The Bertz CT molecular complexity index is 1830. The van der Waals surface area contributed by atoms with Crippen molar-refractivity contribution in [1.82, 2.24) is 15.1 Å². The summed E-state index contributed by atoms with van der Waals surface area (Å²) in [6.07, 6.45) is 6.12. The SMILES string of the molecule is CC[C@H]1OC(=O)[C@H](C)C[C@H](C)[C@@H](O[C@@H]2O[C@H](C)C[C@H](N(C)C)[C@H]2OC(C)=O)[C@](C)(O)C[C@@H](C)CN(C)[C@H](C)[C@@H](OC(=O)NCCCCCCCCCC[P+](C)(c2ccccc2)c2ccccc2)[C@]1(C)O. The molecule has 2 heterocycles. The lowest BCUT2D eigenvalue weighted by Gasteiger charge is -2.47. The van der Waals surface area contributed by atoms with Crippen molar-refractivity contribution in [3.8, 4) is 0 Å². The summed E-state index contributed by atoms with van der Waals surface area (Å²) in [6.45, 7) is 19.5. The van der Waals surface area contributed by atoms with Gasteiger partial charge in [-0.2, -0.15) is 0 Å². The van der Waals surface area contributed by atoms with E-state index in [0.29, 0.717) is 25.9 Å². The predicted octanol–water partition coefficient (Wildman–Crippen LogP) is 8.73. The zero-order valence-electron chi connectivity index (χ0n) is 45.2. The molecule has 0 saturated carbocycles. The molecular formula is C56H93N3O10P+. The highest BCUT2D eigenvalue weighted by atomic mass is 31.2. The first-order valence-electron chi connectivity index (χ1n) is 26.4.